The van der Waals surface area contributed by atoms with Gasteiger partial charge in [-0.3, -0.25) is 4.90 Å². The fourth-order valence-corrected chi connectivity index (χ4v) is 3.85. The fraction of sp³-hybridized carbons (Fsp3) is 0.647. The molecule has 0 aliphatic carbocycles. The number of nitrogens with zero attached hydrogens (tertiary/aromatic N) is 1. The molecule has 0 spiro atoms. The van der Waals surface area contributed by atoms with Gasteiger partial charge in [-0.25, -0.2) is 0 Å². The summed E-state index contributed by atoms with van der Waals surface area (Å²) in [6.07, 6.45) is 6.86. The van der Waals surface area contributed by atoms with Crippen molar-refractivity contribution in [3.05, 3.63) is 35.4 Å². The van der Waals surface area contributed by atoms with Crippen molar-refractivity contribution in [3.8, 4) is 0 Å². The molecule has 2 atom stereocenters. The van der Waals surface area contributed by atoms with Gasteiger partial charge in [0.15, 0.2) is 0 Å². The third-order valence-electron chi connectivity index (χ3n) is 4.76. The van der Waals surface area contributed by atoms with Crippen LogP contribution in [0.2, 0.25) is 0 Å². The van der Waals surface area contributed by atoms with Crippen LogP contribution < -0.4 is 5.32 Å². The predicted octanol–water partition coefficient (Wildman–Crippen LogP) is 3.49. The van der Waals surface area contributed by atoms with Crippen molar-refractivity contribution in [3.63, 3.8) is 0 Å². The van der Waals surface area contributed by atoms with Crippen molar-refractivity contribution < 1.29 is 0 Å². The van der Waals surface area contributed by atoms with Gasteiger partial charge in [0, 0.05) is 25.2 Å². The van der Waals surface area contributed by atoms with Crippen LogP contribution in [-0.2, 0) is 6.54 Å². The molecule has 0 bridgehead atoms. The van der Waals surface area contributed by atoms with Crippen LogP contribution in [0.5, 0.6) is 0 Å². The van der Waals surface area contributed by atoms with Crippen LogP contribution >= 0.6 is 0 Å². The van der Waals surface area contributed by atoms with Crippen molar-refractivity contribution in [1.29, 1.82) is 0 Å². The molecule has 2 heterocycles. The molecule has 19 heavy (non-hydrogen) atoms. The molecular formula is C17H26N2. The lowest BCUT2D eigenvalue weighted by Crippen LogP contribution is -2.47. The predicted molar refractivity (Wildman–Crippen MR) is 80.1 cm³/mol. The van der Waals surface area contributed by atoms with E-state index in [0.29, 0.717) is 6.04 Å². The molecule has 0 amide bonds. The van der Waals surface area contributed by atoms with E-state index < -0.39 is 0 Å². The molecule has 1 fully saturated rings. The van der Waals surface area contributed by atoms with E-state index >= 15 is 0 Å². The van der Waals surface area contributed by atoms with E-state index in [1.54, 1.807) is 5.56 Å². The maximum Gasteiger partial charge on any atom is 0.0478 e. The Hall–Kier alpha value is -0.860. The number of likely N-dealkylation sites (tertiary alicyclic amines) is 1. The van der Waals surface area contributed by atoms with E-state index in [-0.39, 0.29) is 0 Å². The molecule has 2 nitrogen and oxygen atoms in total. The van der Waals surface area contributed by atoms with Gasteiger partial charge in [-0.05, 0) is 36.9 Å². The van der Waals surface area contributed by atoms with E-state index in [1.165, 1.54) is 44.2 Å². The number of rotatable bonds is 3. The molecule has 0 saturated carbocycles. The molecule has 2 aliphatic heterocycles. The summed E-state index contributed by atoms with van der Waals surface area (Å²) in [5, 5.41) is 3.61. The van der Waals surface area contributed by atoms with Gasteiger partial charge in [-0.15, -0.1) is 0 Å². The Morgan fingerprint density at radius 3 is 3.05 bits per heavy atom. The van der Waals surface area contributed by atoms with Crippen molar-refractivity contribution in [2.45, 2.75) is 57.7 Å². The molecule has 104 valence electrons. The molecule has 2 heteroatoms. The smallest absolute Gasteiger partial charge is 0.0478 e. The minimum absolute atomic E-state index is 0.599. The minimum atomic E-state index is 0.599. The van der Waals surface area contributed by atoms with Gasteiger partial charge in [0.1, 0.15) is 0 Å². The van der Waals surface area contributed by atoms with Gasteiger partial charge < -0.3 is 5.32 Å². The molecule has 2 aliphatic rings. The Morgan fingerprint density at radius 2 is 2.16 bits per heavy atom. The highest BCUT2D eigenvalue weighted by atomic mass is 15.2. The van der Waals surface area contributed by atoms with Crippen LogP contribution in [0, 0.1) is 0 Å². The highest BCUT2D eigenvalue weighted by Crippen LogP contribution is 2.33. The summed E-state index contributed by atoms with van der Waals surface area (Å²) in [5.41, 5.74) is 3.07. The van der Waals surface area contributed by atoms with Crippen LogP contribution in [0.3, 0.4) is 0 Å². The third-order valence-corrected chi connectivity index (χ3v) is 4.76. The lowest BCUT2D eigenvalue weighted by Gasteiger charge is -2.43. The first-order valence-corrected chi connectivity index (χ1v) is 7.94. The van der Waals surface area contributed by atoms with Crippen LogP contribution in [-0.4, -0.2) is 24.0 Å². The van der Waals surface area contributed by atoms with E-state index in [2.05, 4.69) is 41.4 Å². The van der Waals surface area contributed by atoms with Crippen LogP contribution in [0.1, 0.15) is 56.2 Å². The molecule has 1 aromatic rings. The van der Waals surface area contributed by atoms with Crippen LogP contribution in [0.15, 0.2) is 24.3 Å². The SMILES string of the molecule is CCCC1CCCCN1C1CNCc2ccccc21. The Kier molecular flexibility index (Phi) is 4.19. The summed E-state index contributed by atoms with van der Waals surface area (Å²) < 4.78 is 0. The Balaban J connectivity index is 1.84. The first-order valence-electron chi connectivity index (χ1n) is 7.94. The van der Waals surface area contributed by atoms with E-state index in [1.807, 2.05) is 0 Å². The Morgan fingerprint density at radius 1 is 1.26 bits per heavy atom. The molecule has 0 aromatic heterocycles. The molecule has 1 aromatic carbocycles. The molecule has 3 rings (SSSR count). The summed E-state index contributed by atoms with van der Waals surface area (Å²) in [6, 6.07) is 10.4. The Bertz CT molecular complexity index is 413. The molecule has 2 unspecified atom stereocenters. The van der Waals surface area contributed by atoms with Gasteiger partial charge >= 0.3 is 0 Å². The zero-order chi connectivity index (χ0) is 13.1. The fourth-order valence-electron chi connectivity index (χ4n) is 3.85. The van der Waals surface area contributed by atoms with Crippen molar-refractivity contribution in [2.24, 2.45) is 0 Å². The largest absolute Gasteiger partial charge is 0.311 e. The average Bonchev–Trinajstić information content (AvgIpc) is 2.48. The first-order chi connectivity index (χ1) is 9.40. The summed E-state index contributed by atoms with van der Waals surface area (Å²) in [4.78, 5) is 2.79. The quantitative estimate of drug-likeness (QED) is 0.893. The van der Waals surface area contributed by atoms with Crippen molar-refractivity contribution in [1.82, 2.24) is 10.2 Å². The first kappa shape index (κ1) is 13.1. The lowest BCUT2D eigenvalue weighted by atomic mass is 9.90. The second-order valence-electron chi connectivity index (χ2n) is 6.02. The lowest BCUT2D eigenvalue weighted by molar-refractivity contribution is 0.0827. The maximum atomic E-state index is 3.61. The van der Waals surface area contributed by atoms with Gasteiger partial charge in [0.25, 0.3) is 0 Å². The zero-order valence-electron chi connectivity index (χ0n) is 12.1. The van der Waals surface area contributed by atoms with Crippen molar-refractivity contribution in [2.75, 3.05) is 13.1 Å². The van der Waals surface area contributed by atoms with E-state index in [0.717, 1.165) is 19.1 Å². The number of hydrogen-bond donors (Lipinski definition) is 1. The average molecular weight is 258 g/mol. The second kappa shape index (κ2) is 6.06. The summed E-state index contributed by atoms with van der Waals surface area (Å²) in [6.45, 7) is 5.77. The van der Waals surface area contributed by atoms with Gasteiger partial charge in [-0.1, -0.05) is 44.0 Å². The van der Waals surface area contributed by atoms with Gasteiger partial charge in [-0.2, -0.15) is 0 Å². The van der Waals surface area contributed by atoms with Crippen molar-refractivity contribution >= 4 is 0 Å². The number of nitrogens with one attached hydrogen (secondary N) is 1. The standard InChI is InChI=1S/C17H26N2/c1-2-7-15-9-5-6-11-19(15)17-13-18-12-14-8-3-4-10-16(14)17/h3-4,8,10,15,17-18H,2,5-7,9,11-13H2,1H3. The van der Waals surface area contributed by atoms with E-state index in [4.69, 9.17) is 0 Å². The molecule has 1 saturated heterocycles. The highest BCUT2D eigenvalue weighted by molar-refractivity contribution is 5.32. The number of benzene rings is 1. The van der Waals surface area contributed by atoms with Crippen LogP contribution in [0.25, 0.3) is 0 Å². The number of piperidine rings is 1. The topological polar surface area (TPSA) is 15.3 Å². The number of fused-ring (bicyclic) bond motifs is 1. The van der Waals surface area contributed by atoms with Crippen LogP contribution in [0.4, 0.5) is 0 Å². The summed E-state index contributed by atoms with van der Waals surface area (Å²) >= 11 is 0. The Labute approximate surface area is 117 Å². The number of hydrogen-bond acceptors (Lipinski definition) is 2. The molecule has 1 N–H and O–H groups in total. The molecule has 0 radical (unpaired) electrons. The summed E-state index contributed by atoms with van der Waals surface area (Å²) in [7, 11) is 0. The van der Waals surface area contributed by atoms with E-state index in [9.17, 15) is 0 Å². The zero-order valence-corrected chi connectivity index (χ0v) is 12.1. The highest BCUT2D eigenvalue weighted by Gasteiger charge is 2.31. The monoisotopic (exact) mass is 258 g/mol. The van der Waals surface area contributed by atoms with Gasteiger partial charge in [0.05, 0.1) is 0 Å². The molecular weight excluding hydrogens is 232 g/mol. The summed E-state index contributed by atoms with van der Waals surface area (Å²) in [5.74, 6) is 0. The second-order valence-corrected chi connectivity index (χ2v) is 6.02. The minimum Gasteiger partial charge on any atom is -0.311 e. The third kappa shape index (κ3) is 2.70. The normalized spacial score (nSPS) is 28.1. The maximum absolute atomic E-state index is 3.61. The van der Waals surface area contributed by atoms with Gasteiger partial charge in [0.2, 0.25) is 0 Å².